The SMILES string of the molecule is COc1cccc(CNC(=O)N2CCN(c3ccc(C(C)=O)cc3F)CC2)c1. The number of ether oxygens (including phenoxy) is 1. The maximum atomic E-state index is 14.3. The van der Waals surface area contributed by atoms with E-state index in [2.05, 4.69) is 5.32 Å². The van der Waals surface area contributed by atoms with E-state index in [1.165, 1.54) is 13.0 Å². The highest BCUT2D eigenvalue weighted by atomic mass is 19.1. The number of amides is 2. The average Bonchev–Trinajstić information content (AvgIpc) is 2.72. The van der Waals surface area contributed by atoms with Crippen LogP contribution in [0.5, 0.6) is 5.75 Å². The predicted molar refractivity (Wildman–Crippen MR) is 105 cm³/mol. The van der Waals surface area contributed by atoms with Crippen LogP contribution in [0.15, 0.2) is 42.5 Å². The van der Waals surface area contributed by atoms with E-state index in [4.69, 9.17) is 4.74 Å². The number of nitrogens with zero attached hydrogens (tertiary/aromatic N) is 2. The summed E-state index contributed by atoms with van der Waals surface area (Å²) in [4.78, 5) is 27.4. The Balaban J connectivity index is 1.53. The fourth-order valence-corrected chi connectivity index (χ4v) is 3.20. The third-order valence-corrected chi connectivity index (χ3v) is 4.84. The van der Waals surface area contributed by atoms with Gasteiger partial charge in [-0.25, -0.2) is 9.18 Å². The van der Waals surface area contributed by atoms with E-state index in [9.17, 15) is 14.0 Å². The topological polar surface area (TPSA) is 61.9 Å². The van der Waals surface area contributed by atoms with Crippen molar-refractivity contribution in [3.8, 4) is 5.75 Å². The fourth-order valence-electron chi connectivity index (χ4n) is 3.20. The second kappa shape index (κ2) is 8.73. The summed E-state index contributed by atoms with van der Waals surface area (Å²) in [5.41, 5.74) is 1.78. The van der Waals surface area contributed by atoms with Gasteiger partial charge in [-0.05, 0) is 42.8 Å². The summed E-state index contributed by atoms with van der Waals surface area (Å²) in [6.45, 7) is 3.89. The van der Waals surface area contributed by atoms with E-state index in [0.29, 0.717) is 44.0 Å². The Morgan fingerprint density at radius 2 is 1.86 bits per heavy atom. The summed E-state index contributed by atoms with van der Waals surface area (Å²) in [6.07, 6.45) is 0. The van der Waals surface area contributed by atoms with Crippen LogP contribution in [0.4, 0.5) is 14.9 Å². The molecule has 0 aliphatic carbocycles. The molecule has 1 aliphatic heterocycles. The molecule has 0 spiro atoms. The van der Waals surface area contributed by atoms with Crippen LogP contribution in [0.25, 0.3) is 0 Å². The Hall–Kier alpha value is -3.09. The molecule has 3 rings (SSSR count). The summed E-state index contributed by atoms with van der Waals surface area (Å²) >= 11 is 0. The number of carbonyl (C=O) groups excluding carboxylic acids is 2. The molecule has 148 valence electrons. The molecule has 0 aromatic heterocycles. The molecule has 2 amide bonds. The van der Waals surface area contributed by atoms with Crippen LogP contribution in [0.2, 0.25) is 0 Å². The third kappa shape index (κ3) is 4.60. The van der Waals surface area contributed by atoms with E-state index in [-0.39, 0.29) is 11.8 Å². The first-order valence-corrected chi connectivity index (χ1v) is 9.19. The summed E-state index contributed by atoms with van der Waals surface area (Å²) < 4.78 is 19.5. The van der Waals surface area contributed by atoms with Gasteiger partial charge >= 0.3 is 6.03 Å². The Labute approximate surface area is 163 Å². The van der Waals surface area contributed by atoms with Crippen LogP contribution in [-0.2, 0) is 6.54 Å². The number of rotatable bonds is 5. The Bertz CT molecular complexity index is 864. The molecular weight excluding hydrogens is 361 g/mol. The van der Waals surface area contributed by atoms with Gasteiger partial charge in [0.2, 0.25) is 0 Å². The first-order valence-electron chi connectivity index (χ1n) is 9.19. The number of ketones is 1. The second-order valence-electron chi connectivity index (χ2n) is 6.71. The van der Waals surface area contributed by atoms with Crippen molar-refractivity contribution in [2.75, 3.05) is 38.2 Å². The van der Waals surface area contributed by atoms with Crippen LogP contribution in [0.1, 0.15) is 22.8 Å². The quantitative estimate of drug-likeness (QED) is 0.804. The van der Waals surface area contributed by atoms with E-state index >= 15 is 0 Å². The van der Waals surface area contributed by atoms with E-state index in [1.807, 2.05) is 29.2 Å². The highest BCUT2D eigenvalue weighted by molar-refractivity contribution is 5.94. The molecule has 2 aromatic carbocycles. The molecule has 7 heteroatoms. The van der Waals surface area contributed by atoms with Crippen LogP contribution >= 0.6 is 0 Å². The van der Waals surface area contributed by atoms with Gasteiger partial charge in [0.05, 0.1) is 12.8 Å². The number of Topliss-reactive ketones (excluding diaryl/α,β-unsaturated/α-hetero) is 1. The summed E-state index contributed by atoms with van der Waals surface area (Å²) in [6, 6.07) is 11.9. The van der Waals surface area contributed by atoms with Crippen LogP contribution in [-0.4, -0.2) is 50.0 Å². The maximum Gasteiger partial charge on any atom is 0.317 e. The molecule has 0 atom stereocenters. The van der Waals surface area contributed by atoms with Gasteiger partial charge in [-0.3, -0.25) is 4.79 Å². The van der Waals surface area contributed by atoms with Gasteiger partial charge < -0.3 is 19.9 Å². The second-order valence-corrected chi connectivity index (χ2v) is 6.71. The largest absolute Gasteiger partial charge is 0.497 e. The van der Waals surface area contributed by atoms with E-state index in [1.54, 1.807) is 24.1 Å². The van der Waals surface area contributed by atoms with Crippen molar-refractivity contribution < 1.29 is 18.7 Å². The maximum absolute atomic E-state index is 14.3. The Morgan fingerprint density at radius 1 is 1.11 bits per heavy atom. The lowest BCUT2D eigenvalue weighted by Crippen LogP contribution is -2.51. The molecule has 0 bridgehead atoms. The van der Waals surface area contributed by atoms with Crippen molar-refractivity contribution in [3.63, 3.8) is 0 Å². The molecule has 6 nitrogen and oxygen atoms in total. The van der Waals surface area contributed by atoms with Crippen molar-refractivity contribution >= 4 is 17.5 Å². The lowest BCUT2D eigenvalue weighted by molar-refractivity contribution is 0.101. The van der Waals surface area contributed by atoms with E-state index in [0.717, 1.165) is 11.3 Å². The molecule has 28 heavy (non-hydrogen) atoms. The smallest absolute Gasteiger partial charge is 0.317 e. The molecule has 0 radical (unpaired) electrons. The first kappa shape index (κ1) is 19.7. The first-order chi connectivity index (χ1) is 13.5. The average molecular weight is 385 g/mol. The number of methoxy groups -OCH3 is 1. The van der Waals surface area contributed by atoms with Gasteiger partial charge in [0.15, 0.2) is 5.78 Å². The zero-order valence-corrected chi connectivity index (χ0v) is 16.1. The molecule has 1 fully saturated rings. The molecule has 2 aromatic rings. The molecule has 1 aliphatic rings. The van der Waals surface area contributed by atoms with Crippen molar-refractivity contribution in [2.45, 2.75) is 13.5 Å². The number of carbonyl (C=O) groups is 2. The zero-order valence-electron chi connectivity index (χ0n) is 16.1. The van der Waals surface area contributed by atoms with E-state index < -0.39 is 5.82 Å². The molecule has 1 heterocycles. The fraction of sp³-hybridized carbons (Fsp3) is 0.333. The number of hydrogen-bond donors (Lipinski definition) is 1. The van der Waals surface area contributed by atoms with Gasteiger partial charge in [0.25, 0.3) is 0 Å². The molecule has 1 saturated heterocycles. The lowest BCUT2D eigenvalue weighted by Gasteiger charge is -2.36. The molecule has 0 saturated carbocycles. The lowest BCUT2D eigenvalue weighted by atomic mass is 10.1. The molecule has 1 N–H and O–H groups in total. The van der Waals surface area contributed by atoms with Crippen LogP contribution in [0.3, 0.4) is 0 Å². The zero-order chi connectivity index (χ0) is 20.1. The van der Waals surface area contributed by atoms with Gasteiger partial charge in [0, 0.05) is 38.3 Å². The number of nitrogens with one attached hydrogen (secondary N) is 1. The van der Waals surface area contributed by atoms with Gasteiger partial charge in [-0.15, -0.1) is 0 Å². The molecular formula is C21H24FN3O3. The predicted octanol–water partition coefficient (Wildman–Crippen LogP) is 3.07. The molecule has 0 unspecified atom stereocenters. The minimum Gasteiger partial charge on any atom is -0.497 e. The van der Waals surface area contributed by atoms with Gasteiger partial charge in [-0.2, -0.15) is 0 Å². The van der Waals surface area contributed by atoms with Gasteiger partial charge in [0.1, 0.15) is 11.6 Å². The highest BCUT2D eigenvalue weighted by Gasteiger charge is 2.23. The minimum absolute atomic E-state index is 0.144. The summed E-state index contributed by atoms with van der Waals surface area (Å²) in [5.74, 6) is 0.171. The van der Waals surface area contributed by atoms with Crippen molar-refractivity contribution in [1.29, 1.82) is 0 Å². The number of piperazine rings is 1. The summed E-state index contributed by atoms with van der Waals surface area (Å²) in [7, 11) is 1.60. The number of hydrogen-bond acceptors (Lipinski definition) is 4. The van der Waals surface area contributed by atoms with Crippen molar-refractivity contribution in [2.24, 2.45) is 0 Å². The number of anilines is 1. The summed E-state index contributed by atoms with van der Waals surface area (Å²) in [5, 5.41) is 2.91. The monoisotopic (exact) mass is 385 g/mol. The number of halogens is 1. The van der Waals surface area contributed by atoms with Gasteiger partial charge in [-0.1, -0.05) is 12.1 Å². The Kier molecular flexibility index (Phi) is 6.13. The van der Waals surface area contributed by atoms with Crippen molar-refractivity contribution in [3.05, 3.63) is 59.4 Å². The van der Waals surface area contributed by atoms with Crippen LogP contribution < -0.4 is 15.0 Å². The number of urea groups is 1. The number of benzene rings is 2. The Morgan fingerprint density at radius 3 is 2.50 bits per heavy atom. The standard InChI is InChI=1S/C21H24FN3O3/c1-15(26)17-6-7-20(19(22)13-17)24-8-10-25(11-9-24)21(27)23-14-16-4-3-5-18(12-16)28-2/h3-7,12-13H,8-11,14H2,1-2H3,(H,23,27). The minimum atomic E-state index is -0.413. The third-order valence-electron chi connectivity index (χ3n) is 4.84. The highest BCUT2D eigenvalue weighted by Crippen LogP contribution is 2.22. The van der Waals surface area contributed by atoms with Crippen LogP contribution in [0, 0.1) is 5.82 Å². The normalized spacial score (nSPS) is 14.0. The van der Waals surface area contributed by atoms with Crippen molar-refractivity contribution in [1.82, 2.24) is 10.2 Å².